The summed E-state index contributed by atoms with van der Waals surface area (Å²) in [5.74, 6) is 0.619. The van der Waals surface area contributed by atoms with Gasteiger partial charge in [-0.25, -0.2) is 5.43 Å². The van der Waals surface area contributed by atoms with Crippen LogP contribution < -0.4 is 14.9 Å². The van der Waals surface area contributed by atoms with Crippen LogP contribution in [0.2, 0.25) is 0 Å². The van der Waals surface area contributed by atoms with E-state index in [9.17, 15) is 9.90 Å². The highest BCUT2D eigenvalue weighted by Gasteiger charge is 2.12. The van der Waals surface area contributed by atoms with Crippen LogP contribution in [0.5, 0.6) is 17.2 Å². The van der Waals surface area contributed by atoms with Gasteiger partial charge in [0.05, 0.1) is 29.5 Å². The minimum atomic E-state index is -0.496. The van der Waals surface area contributed by atoms with Gasteiger partial charge in [-0.15, -0.1) is 0 Å². The number of carbonyl (C=O) groups is 1. The van der Waals surface area contributed by atoms with Crippen LogP contribution in [0.3, 0.4) is 0 Å². The summed E-state index contributed by atoms with van der Waals surface area (Å²) in [7, 11) is 0. The number of phenolic OH excluding ortho intramolecular Hbond substituents is 1. The maximum atomic E-state index is 12.0. The summed E-state index contributed by atoms with van der Waals surface area (Å²) >= 11 is 3.45. The smallest absolute Gasteiger partial charge is 0.275 e. The van der Waals surface area contributed by atoms with Gasteiger partial charge in [0.1, 0.15) is 5.75 Å². The molecule has 6 nitrogen and oxygen atoms in total. The van der Waals surface area contributed by atoms with E-state index in [2.05, 4.69) is 26.5 Å². The van der Waals surface area contributed by atoms with Crippen LogP contribution >= 0.6 is 15.9 Å². The Kier molecular flexibility index (Phi) is 6.82. The van der Waals surface area contributed by atoms with E-state index in [1.807, 2.05) is 19.9 Å². The van der Waals surface area contributed by atoms with Crippen molar-refractivity contribution in [3.05, 3.63) is 52.0 Å². The van der Waals surface area contributed by atoms with Gasteiger partial charge in [0.2, 0.25) is 0 Å². The molecule has 0 spiro atoms. The van der Waals surface area contributed by atoms with Crippen LogP contribution in [0.25, 0.3) is 0 Å². The van der Waals surface area contributed by atoms with Crippen molar-refractivity contribution in [1.29, 1.82) is 0 Å². The van der Waals surface area contributed by atoms with E-state index in [0.29, 0.717) is 24.7 Å². The first-order chi connectivity index (χ1) is 12.1. The number of hydrogen-bond donors (Lipinski definition) is 2. The number of hydrazone groups is 1. The van der Waals surface area contributed by atoms with Gasteiger partial charge in [-0.05, 0) is 59.6 Å². The second kappa shape index (κ2) is 9.08. The predicted octanol–water partition coefficient (Wildman–Crippen LogP) is 3.72. The molecule has 2 aromatic carbocycles. The van der Waals surface area contributed by atoms with E-state index >= 15 is 0 Å². The summed E-state index contributed by atoms with van der Waals surface area (Å²) in [5.41, 5.74) is 3.26. The topological polar surface area (TPSA) is 80.2 Å². The number of benzene rings is 2. The molecule has 2 aromatic rings. The summed E-state index contributed by atoms with van der Waals surface area (Å²) in [4.78, 5) is 12.0. The Hall–Kier alpha value is -2.54. The van der Waals surface area contributed by atoms with E-state index in [-0.39, 0.29) is 11.3 Å². The average Bonchev–Trinajstić information content (AvgIpc) is 2.58. The Morgan fingerprint density at radius 1 is 1.24 bits per heavy atom. The Morgan fingerprint density at radius 2 is 1.96 bits per heavy atom. The lowest BCUT2D eigenvalue weighted by Gasteiger charge is -2.13. The monoisotopic (exact) mass is 406 g/mol. The van der Waals surface area contributed by atoms with Crippen LogP contribution in [0.1, 0.15) is 29.8 Å². The molecule has 0 fully saturated rings. The molecule has 25 heavy (non-hydrogen) atoms. The average molecular weight is 407 g/mol. The van der Waals surface area contributed by atoms with Gasteiger partial charge < -0.3 is 14.6 Å². The largest absolute Gasteiger partial charge is 0.507 e. The highest BCUT2D eigenvalue weighted by atomic mass is 79.9. The Bertz CT molecular complexity index is 778. The van der Waals surface area contributed by atoms with Gasteiger partial charge in [0.15, 0.2) is 11.5 Å². The number of ether oxygens (including phenoxy) is 2. The number of phenols is 1. The minimum Gasteiger partial charge on any atom is -0.507 e. The third kappa shape index (κ3) is 4.96. The number of hydrogen-bond acceptors (Lipinski definition) is 5. The summed E-state index contributed by atoms with van der Waals surface area (Å²) in [6.07, 6.45) is 1.49. The number of aromatic hydroxyl groups is 1. The van der Waals surface area contributed by atoms with E-state index in [1.54, 1.807) is 18.2 Å². The molecule has 0 saturated heterocycles. The quantitative estimate of drug-likeness (QED) is 0.542. The van der Waals surface area contributed by atoms with Gasteiger partial charge in [-0.3, -0.25) is 4.79 Å². The molecule has 7 heteroatoms. The fourth-order valence-corrected chi connectivity index (χ4v) is 2.68. The zero-order valence-electron chi connectivity index (χ0n) is 14.0. The highest BCUT2D eigenvalue weighted by Crippen LogP contribution is 2.36. The molecule has 1 amide bonds. The van der Waals surface area contributed by atoms with Gasteiger partial charge in [-0.2, -0.15) is 5.10 Å². The Balaban J connectivity index is 2.15. The molecule has 0 heterocycles. The lowest BCUT2D eigenvalue weighted by molar-refractivity contribution is 0.0952. The second-order valence-corrected chi connectivity index (χ2v) is 5.77. The summed E-state index contributed by atoms with van der Waals surface area (Å²) in [6.45, 7) is 4.79. The summed E-state index contributed by atoms with van der Waals surface area (Å²) in [5, 5.41) is 13.6. The zero-order chi connectivity index (χ0) is 18.2. The highest BCUT2D eigenvalue weighted by molar-refractivity contribution is 9.10. The van der Waals surface area contributed by atoms with Crippen LogP contribution in [0.15, 0.2) is 46.0 Å². The molecular formula is C18H19BrN2O4. The molecule has 2 rings (SSSR count). The number of amides is 1. The molecule has 2 N–H and O–H groups in total. The van der Waals surface area contributed by atoms with Crippen molar-refractivity contribution in [2.24, 2.45) is 5.10 Å². The fraction of sp³-hybridized carbons (Fsp3) is 0.222. The number of carbonyl (C=O) groups excluding carboxylic acids is 1. The second-order valence-electron chi connectivity index (χ2n) is 4.91. The van der Waals surface area contributed by atoms with Crippen molar-refractivity contribution in [3.63, 3.8) is 0 Å². The first-order valence-corrected chi connectivity index (χ1v) is 8.56. The van der Waals surface area contributed by atoms with E-state index < -0.39 is 5.91 Å². The van der Waals surface area contributed by atoms with Crippen LogP contribution in [0.4, 0.5) is 0 Å². The van der Waals surface area contributed by atoms with Crippen molar-refractivity contribution in [2.45, 2.75) is 13.8 Å². The third-order valence-corrected chi connectivity index (χ3v) is 3.74. The standard InChI is InChI=1S/C18H19BrN2O4/c1-3-24-16-10-12(9-14(19)17(16)25-4-2)11-20-21-18(23)13-7-5-6-8-15(13)22/h5-11,22H,3-4H2,1-2H3,(H,21,23)/b20-11+. The molecule has 0 aliphatic heterocycles. The Morgan fingerprint density at radius 3 is 2.64 bits per heavy atom. The third-order valence-electron chi connectivity index (χ3n) is 3.15. The molecule has 0 atom stereocenters. The van der Waals surface area contributed by atoms with Gasteiger partial charge >= 0.3 is 0 Å². The first-order valence-electron chi connectivity index (χ1n) is 7.77. The number of para-hydroxylation sites is 1. The lowest BCUT2D eigenvalue weighted by Crippen LogP contribution is -2.17. The van der Waals surface area contributed by atoms with Gasteiger partial charge in [0.25, 0.3) is 5.91 Å². The SMILES string of the molecule is CCOc1cc(/C=N/NC(=O)c2ccccc2O)cc(Br)c1OCC. The van der Waals surface area contributed by atoms with Crippen LogP contribution in [-0.4, -0.2) is 30.4 Å². The van der Waals surface area contributed by atoms with Gasteiger partial charge in [-0.1, -0.05) is 12.1 Å². The van der Waals surface area contributed by atoms with Crippen molar-refractivity contribution in [1.82, 2.24) is 5.43 Å². The maximum Gasteiger partial charge on any atom is 0.275 e. The zero-order valence-corrected chi connectivity index (χ0v) is 15.5. The number of rotatable bonds is 7. The molecule has 0 aromatic heterocycles. The van der Waals surface area contributed by atoms with Crippen molar-refractivity contribution >= 4 is 28.1 Å². The van der Waals surface area contributed by atoms with Crippen LogP contribution in [-0.2, 0) is 0 Å². The molecule has 132 valence electrons. The van der Waals surface area contributed by atoms with Gasteiger partial charge in [0, 0.05) is 0 Å². The molecule has 0 aliphatic rings. The summed E-state index contributed by atoms with van der Waals surface area (Å²) in [6, 6.07) is 9.84. The van der Waals surface area contributed by atoms with Crippen molar-refractivity contribution in [2.75, 3.05) is 13.2 Å². The first kappa shape index (κ1) is 18.8. The predicted molar refractivity (Wildman–Crippen MR) is 99.6 cm³/mol. The molecule has 0 bridgehead atoms. The Labute approximate surface area is 154 Å². The van der Waals surface area contributed by atoms with E-state index in [1.165, 1.54) is 18.3 Å². The molecule has 0 saturated carbocycles. The number of halogens is 1. The maximum absolute atomic E-state index is 12.0. The molecular weight excluding hydrogens is 388 g/mol. The van der Waals surface area contributed by atoms with E-state index in [0.717, 1.165) is 10.0 Å². The molecule has 0 unspecified atom stereocenters. The van der Waals surface area contributed by atoms with Crippen LogP contribution in [0, 0.1) is 0 Å². The van der Waals surface area contributed by atoms with E-state index in [4.69, 9.17) is 9.47 Å². The molecule has 0 aliphatic carbocycles. The fourth-order valence-electron chi connectivity index (χ4n) is 2.10. The van der Waals surface area contributed by atoms with Crippen molar-refractivity contribution in [3.8, 4) is 17.2 Å². The number of nitrogens with zero attached hydrogens (tertiary/aromatic N) is 1. The molecule has 0 radical (unpaired) electrons. The normalized spacial score (nSPS) is 10.7. The van der Waals surface area contributed by atoms with Crippen molar-refractivity contribution < 1.29 is 19.4 Å². The number of nitrogens with one attached hydrogen (secondary N) is 1. The summed E-state index contributed by atoms with van der Waals surface area (Å²) < 4.78 is 11.9. The minimum absolute atomic E-state index is 0.0994. The lowest BCUT2D eigenvalue weighted by atomic mass is 10.2.